The lowest BCUT2D eigenvalue weighted by atomic mass is 10.2. The molecule has 0 atom stereocenters. The zero-order chi connectivity index (χ0) is 15.3. The van der Waals surface area contributed by atoms with E-state index in [0.29, 0.717) is 5.13 Å². The Balaban J connectivity index is 2.49. The van der Waals surface area contributed by atoms with Gasteiger partial charge in [0.2, 0.25) is 5.91 Å². The number of ether oxygens (including phenoxy) is 2. The number of nitrogens with one attached hydrogen (secondary N) is 1. The highest BCUT2D eigenvalue weighted by atomic mass is 32.1. The smallest absolute Gasteiger partial charge is 0.358 e. The first kappa shape index (κ1) is 16.1. The molecule has 1 amide bonds. The van der Waals surface area contributed by atoms with Crippen LogP contribution in [0.3, 0.4) is 0 Å². The van der Waals surface area contributed by atoms with Crippen LogP contribution in [-0.4, -0.2) is 35.0 Å². The lowest BCUT2D eigenvalue weighted by Crippen LogP contribution is -2.27. The highest BCUT2D eigenvalue weighted by Crippen LogP contribution is 2.16. The molecule has 1 aromatic rings. The lowest BCUT2D eigenvalue weighted by molar-refractivity contribution is -0.158. The zero-order valence-electron chi connectivity index (χ0n) is 11.7. The van der Waals surface area contributed by atoms with E-state index < -0.39 is 24.1 Å². The standard InChI is InChI=1S/C12H16N2O5S/c1-7(15)13-11-14-8(6-20-11)10(17)18-5-9(16)19-12(2,3)4/h6H,5H2,1-4H3,(H,13,14,15). The lowest BCUT2D eigenvalue weighted by Gasteiger charge is -2.19. The molecule has 20 heavy (non-hydrogen) atoms. The molecule has 0 spiro atoms. The number of rotatable bonds is 4. The van der Waals surface area contributed by atoms with Gasteiger partial charge in [-0.2, -0.15) is 0 Å². The summed E-state index contributed by atoms with van der Waals surface area (Å²) in [5.41, 5.74) is -0.606. The van der Waals surface area contributed by atoms with Crippen molar-refractivity contribution in [1.82, 2.24) is 4.98 Å². The van der Waals surface area contributed by atoms with Crippen LogP contribution < -0.4 is 5.32 Å². The highest BCUT2D eigenvalue weighted by molar-refractivity contribution is 7.14. The first-order chi connectivity index (χ1) is 9.17. The number of amides is 1. The maximum Gasteiger partial charge on any atom is 0.358 e. The van der Waals surface area contributed by atoms with Crippen molar-refractivity contribution >= 4 is 34.3 Å². The van der Waals surface area contributed by atoms with Crippen molar-refractivity contribution in [3.63, 3.8) is 0 Å². The van der Waals surface area contributed by atoms with Gasteiger partial charge in [-0.1, -0.05) is 0 Å². The summed E-state index contributed by atoms with van der Waals surface area (Å²) < 4.78 is 9.76. The molecule has 0 aromatic carbocycles. The van der Waals surface area contributed by atoms with Crippen molar-refractivity contribution in [3.05, 3.63) is 11.1 Å². The van der Waals surface area contributed by atoms with Gasteiger partial charge in [0.1, 0.15) is 5.60 Å². The molecule has 0 aliphatic carbocycles. The Kier molecular flexibility index (Phi) is 5.20. The van der Waals surface area contributed by atoms with Gasteiger partial charge in [-0.3, -0.25) is 4.79 Å². The van der Waals surface area contributed by atoms with Crippen LogP contribution >= 0.6 is 11.3 Å². The fourth-order valence-corrected chi connectivity index (χ4v) is 1.87. The number of carbonyl (C=O) groups is 3. The molecule has 1 aromatic heterocycles. The van der Waals surface area contributed by atoms with Gasteiger partial charge in [0.15, 0.2) is 17.4 Å². The fraction of sp³-hybridized carbons (Fsp3) is 0.500. The summed E-state index contributed by atoms with van der Waals surface area (Å²) in [6.07, 6.45) is 0. The molecule has 0 aliphatic heterocycles. The number of thiazole rings is 1. The second-order valence-electron chi connectivity index (χ2n) is 4.88. The molecule has 7 nitrogen and oxygen atoms in total. The molecule has 0 fully saturated rings. The zero-order valence-corrected chi connectivity index (χ0v) is 12.5. The van der Waals surface area contributed by atoms with Crippen molar-refractivity contribution in [2.45, 2.75) is 33.3 Å². The quantitative estimate of drug-likeness (QED) is 0.849. The number of esters is 2. The molecule has 0 radical (unpaired) electrons. The van der Waals surface area contributed by atoms with Crippen molar-refractivity contribution in [2.75, 3.05) is 11.9 Å². The van der Waals surface area contributed by atoms with Gasteiger partial charge in [-0.25, -0.2) is 14.6 Å². The maximum absolute atomic E-state index is 11.6. The number of aromatic nitrogens is 1. The highest BCUT2D eigenvalue weighted by Gasteiger charge is 2.19. The van der Waals surface area contributed by atoms with E-state index >= 15 is 0 Å². The molecule has 0 unspecified atom stereocenters. The van der Waals surface area contributed by atoms with Crippen LogP contribution in [0, 0.1) is 0 Å². The van der Waals surface area contributed by atoms with Gasteiger partial charge >= 0.3 is 11.9 Å². The van der Waals surface area contributed by atoms with Gasteiger partial charge in [0, 0.05) is 12.3 Å². The molecule has 0 saturated carbocycles. The minimum atomic E-state index is -0.747. The topological polar surface area (TPSA) is 94.6 Å². The minimum Gasteiger partial charge on any atom is -0.457 e. The molecule has 0 bridgehead atoms. The van der Waals surface area contributed by atoms with Gasteiger partial charge in [0.25, 0.3) is 0 Å². The third-order valence-corrected chi connectivity index (χ3v) is 2.50. The molecular formula is C12H16N2O5S. The van der Waals surface area contributed by atoms with E-state index in [1.807, 2.05) is 0 Å². The third-order valence-electron chi connectivity index (χ3n) is 1.74. The van der Waals surface area contributed by atoms with Crippen molar-refractivity contribution in [3.8, 4) is 0 Å². The number of anilines is 1. The van der Waals surface area contributed by atoms with Crippen LogP contribution in [-0.2, 0) is 19.1 Å². The van der Waals surface area contributed by atoms with Crippen LogP contribution in [0.5, 0.6) is 0 Å². The fourth-order valence-electron chi connectivity index (χ4n) is 1.14. The second kappa shape index (κ2) is 6.47. The van der Waals surface area contributed by atoms with E-state index in [2.05, 4.69) is 10.3 Å². The van der Waals surface area contributed by atoms with Crippen molar-refractivity contribution < 1.29 is 23.9 Å². The molecule has 0 aliphatic rings. The van der Waals surface area contributed by atoms with E-state index in [1.54, 1.807) is 20.8 Å². The van der Waals surface area contributed by atoms with Crippen LogP contribution in [0.1, 0.15) is 38.2 Å². The number of hydrogen-bond donors (Lipinski definition) is 1. The van der Waals surface area contributed by atoms with Crippen molar-refractivity contribution in [2.24, 2.45) is 0 Å². The molecule has 1 heterocycles. The summed E-state index contributed by atoms with van der Waals surface area (Å²) in [6, 6.07) is 0. The molecular weight excluding hydrogens is 284 g/mol. The Morgan fingerprint density at radius 2 is 2.00 bits per heavy atom. The Hall–Kier alpha value is -1.96. The predicted octanol–water partition coefficient (Wildman–Crippen LogP) is 1.60. The average Bonchev–Trinajstić information content (AvgIpc) is 2.71. The van der Waals surface area contributed by atoms with Crippen LogP contribution in [0.25, 0.3) is 0 Å². The Morgan fingerprint density at radius 1 is 1.35 bits per heavy atom. The Morgan fingerprint density at radius 3 is 2.55 bits per heavy atom. The summed E-state index contributed by atoms with van der Waals surface area (Å²) in [5.74, 6) is -1.67. The van der Waals surface area contributed by atoms with E-state index in [9.17, 15) is 14.4 Å². The largest absolute Gasteiger partial charge is 0.457 e. The summed E-state index contributed by atoms with van der Waals surface area (Å²) in [5, 5.41) is 4.17. The van der Waals surface area contributed by atoms with Crippen LogP contribution in [0.15, 0.2) is 5.38 Å². The summed E-state index contributed by atoms with van der Waals surface area (Å²) >= 11 is 1.09. The molecule has 8 heteroatoms. The monoisotopic (exact) mass is 300 g/mol. The average molecular weight is 300 g/mol. The third kappa shape index (κ3) is 5.79. The van der Waals surface area contributed by atoms with E-state index in [0.717, 1.165) is 11.3 Å². The minimum absolute atomic E-state index is 0.0299. The van der Waals surface area contributed by atoms with Gasteiger partial charge < -0.3 is 14.8 Å². The van der Waals surface area contributed by atoms with Crippen molar-refractivity contribution in [1.29, 1.82) is 0 Å². The first-order valence-corrected chi connectivity index (χ1v) is 6.67. The molecule has 1 rings (SSSR count). The Labute approximate surface area is 120 Å². The summed E-state index contributed by atoms with van der Waals surface area (Å²) in [7, 11) is 0. The summed E-state index contributed by atoms with van der Waals surface area (Å²) in [4.78, 5) is 37.7. The van der Waals surface area contributed by atoms with Crippen LogP contribution in [0.2, 0.25) is 0 Å². The molecule has 0 saturated heterocycles. The molecule has 1 N–H and O–H groups in total. The van der Waals surface area contributed by atoms with Gasteiger partial charge in [0.05, 0.1) is 0 Å². The first-order valence-electron chi connectivity index (χ1n) is 5.79. The SMILES string of the molecule is CC(=O)Nc1nc(C(=O)OCC(=O)OC(C)(C)C)cs1. The summed E-state index contributed by atoms with van der Waals surface area (Å²) in [6.45, 7) is 6.00. The Bertz CT molecular complexity index is 518. The number of hydrogen-bond acceptors (Lipinski definition) is 7. The molecule has 110 valence electrons. The number of carbonyl (C=O) groups excluding carboxylic acids is 3. The maximum atomic E-state index is 11.6. The van der Waals surface area contributed by atoms with E-state index in [4.69, 9.17) is 9.47 Å². The van der Waals surface area contributed by atoms with Gasteiger partial charge in [-0.15, -0.1) is 11.3 Å². The van der Waals surface area contributed by atoms with Gasteiger partial charge in [-0.05, 0) is 20.8 Å². The number of nitrogens with zero attached hydrogens (tertiary/aromatic N) is 1. The second-order valence-corrected chi connectivity index (χ2v) is 5.74. The van der Waals surface area contributed by atoms with E-state index in [1.165, 1.54) is 12.3 Å². The normalized spacial score (nSPS) is 10.8. The van der Waals surface area contributed by atoms with E-state index in [-0.39, 0.29) is 11.6 Å². The van der Waals surface area contributed by atoms with Crippen LogP contribution in [0.4, 0.5) is 5.13 Å². The predicted molar refractivity (Wildman–Crippen MR) is 72.5 cm³/mol.